The molecule has 4 rings (SSSR count). The second-order valence-electron chi connectivity index (χ2n) is 7.11. The number of pyridine rings is 1. The van der Waals surface area contributed by atoms with E-state index in [2.05, 4.69) is 32.1 Å². The quantitative estimate of drug-likeness (QED) is 0.589. The second-order valence-corrected chi connectivity index (χ2v) is 7.11. The molecule has 0 aliphatic heterocycles. The van der Waals surface area contributed by atoms with E-state index in [1.165, 1.54) is 31.7 Å². The molecule has 1 fully saturated rings. The summed E-state index contributed by atoms with van der Waals surface area (Å²) < 4.78 is 0. The van der Waals surface area contributed by atoms with Crippen LogP contribution in [0.2, 0.25) is 0 Å². The summed E-state index contributed by atoms with van der Waals surface area (Å²) in [7, 11) is 0. The molecule has 7 nitrogen and oxygen atoms in total. The summed E-state index contributed by atoms with van der Waals surface area (Å²) in [5.74, 6) is 5.54. The molecule has 0 radical (unpaired) electrons. The molecular formula is C22H20N4O3. The Morgan fingerprint density at radius 2 is 1.93 bits per heavy atom. The van der Waals surface area contributed by atoms with Crippen molar-refractivity contribution < 1.29 is 14.7 Å². The monoisotopic (exact) mass is 388 g/mol. The third-order valence-electron chi connectivity index (χ3n) is 5.04. The number of para-hydroxylation sites is 1. The zero-order valence-electron chi connectivity index (χ0n) is 15.7. The highest BCUT2D eigenvalue weighted by molar-refractivity contribution is 6.04. The van der Waals surface area contributed by atoms with Crippen molar-refractivity contribution in [3.63, 3.8) is 0 Å². The second kappa shape index (κ2) is 8.15. The van der Waals surface area contributed by atoms with Crippen molar-refractivity contribution in [1.82, 2.24) is 15.0 Å². The highest BCUT2D eigenvalue weighted by Gasteiger charge is 2.15. The summed E-state index contributed by atoms with van der Waals surface area (Å²) in [6, 6.07) is 9.89. The summed E-state index contributed by atoms with van der Waals surface area (Å²) in [4.78, 5) is 35.3. The summed E-state index contributed by atoms with van der Waals surface area (Å²) in [6.45, 7) is 0. The van der Waals surface area contributed by atoms with E-state index in [0.29, 0.717) is 17.1 Å². The van der Waals surface area contributed by atoms with Gasteiger partial charge < -0.3 is 10.1 Å². The Bertz CT molecular complexity index is 1130. The van der Waals surface area contributed by atoms with Crippen molar-refractivity contribution >= 4 is 28.9 Å². The standard InChI is InChI=1S/C22H20N4O3/c27-20(26-22-24-17-12-5-11-16(21(28)29)19(17)25-22)18-13-4-10-15(23-18)9-3-8-14-6-1-2-7-14/h4-5,10-14H,1-2,6-8H2,(H,28,29)(H2,24,25,26,27). The van der Waals surface area contributed by atoms with E-state index in [9.17, 15) is 14.7 Å². The molecule has 1 aliphatic rings. The number of anilines is 1. The van der Waals surface area contributed by atoms with Crippen molar-refractivity contribution in [3.8, 4) is 11.8 Å². The number of fused-ring (bicyclic) bond motifs is 1. The number of amides is 1. The Labute approximate surface area is 167 Å². The maximum Gasteiger partial charge on any atom is 0.337 e. The van der Waals surface area contributed by atoms with Gasteiger partial charge in [0.25, 0.3) is 5.91 Å². The maximum absolute atomic E-state index is 12.5. The average Bonchev–Trinajstić information content (AvgIpc) is 3.37. The minimum absolute atomic E-state index is 0.0666. The fourth-order valence-electron chi connectivity index (χ4n) is 3.57. The number of carboxylic acids is 1. The van der Waals surface area contributed by atoms with Crippen LogP contribution in [0.3, 0.4) is 0 Å². The predicted molar refractivity (Wildman–Crippen MR) is 109 cm³/mol. The van der Waals surface area contributed by atoms with E-state index < -0.39 is 11.9 Å². The molecule has 3 aromatic rings. The first-order chi connectivity index (χ1) is 14.1. The van der Waals surface area contributed by atoms with Crippen LogP contribution in [-0.4, -0.2) is 31.9 Å². The molecule has 0 atom stereocenters. The van der Waals surface area contributed by atoms with Gasteiger partial charge >= 0.3 is 5.97 Å². The third kappa shape index (κ3) is 4.27. The Balaban J connectivity index is 1.49. The first-order valence-electron chi connectivity index (χ1n) is 9.59. The van der Waals surface area contributed by atoms with E-state index in [1.54, 1.807) is 30.3 Å². The number of H-pyrrole nitrogens is 1. The number of rotatable bonds is 4. The summed E-state index contributed by atoms with van der Waals surface area (Å²) >= 11 is 0. The van der Waals surface area contributed by atoms with Crippen LogP contribution in [0, 0.1) is 17.8 Å². The first kappa shape index (κ1) is 18.7. The van der Waals surface area contributed by atoms with Crippen LogP contribution in [0.15, 0.2) is 36.4 Å². The molecule has 0 spiro atoms. The van der Waals surface area contributed by atoms with Gasteiger partial charge in [0, 0.05) is 6.42 Å². The number of hydrogen-bond donors (Lipinski definition) is 3. The van der Waals surface area contributed by atoms with Gasteiger partial charge in [-0.25, -0.2) is 14.8 Å². The van der Waals surface area contributed by atoms with Crippen LogP contribution in [0.5, 0.6) is 0 Å². The van der Waals surface area contributed by atoms with Crippen LogP contribution in [-0.2, 0) is 0 Å². The minimum Gasteiger partial charge on any atom is -0.478 e. The lowest BCUT2D eigenvalue weighted by molar-refractivity contribution is 0.0698. The molecule has 0 unspecified atom stereocenters. The number of nitrogens with one attached hydrogen (secondary N) is 2. The fraction of sp³-hybridized carbons (Fsp3) is 0.273. The molecule has 146 valence electrons. The number of benzene rings is 1. The lowest BCUT2D eigenvalue weighted by atomic mass is 10.0. The van der Waals surface area contributed by atoms with E-state index in [0.717, 1.165) is 6.42 Å². The van der Waals surface area contributed by atoms with E-state index in [1.807, 2.05) is 0 Å². The van der Waals surface area contributed by atoms with Crippen molar-refractivity contribution in [3.05, 3.63) is 53.3 Å². The molecule has 2 heterocycles. The molecule has 2 aromatic heterocycles. The van der Waals surface area contributed by atoms with Crippen molar-refractivity contribution in [1.29, 1.82) is 0 Å². The van der Waals surface area contributed by atoms with E-state index in [-0.39, 0.29) is 22.7 Å². The summed E-state index contributed by atoms with van der Waals surface area (Å²) in [5, 5.41) is 11.9. The molecule has 1 saturated carbocycles. The smallest absolute Gasteiger partial charge is 0.337 e. The van der Waals surface area contributed by atoms with E-state index >= 15 is 0 Å². The number of aromatic nitrogens is 3. The minimum atomic E-state index is -1.08. The topological polar surface area (TPSA) is 108 Å². The molecule has 1 amide bonds. The number of hydrogen-bond acceptors (Lipinski definition) is 4. The van der Waals surface area contributed by atoms with Gasteiger partial charge in [-0.05, 0) is 48.9 Å². The largest absolute Gasteiger partial charge is 0.478 e. The molecule has 1 aromatic carbocycles. The van der Waals surface area contributed by atoms with Crippen molar-refractivity contribution in [2.24, 2.45) is 5.92 Å². The first-order valence-corrected chi connectivity index (χ1v) is 9.59. The van der Waals surface area contributed by atoms with E-state index in [4.69, 9.17) is 0 Å². The maximum atomic E-state index is 12.5. The number of carboxylic acid groups (broad SMARTS) is 1. The Morgan fingerprint density at radius 1 is 1.14 bits per heavy atom. The van der Waals surface area contributed by atoms with Crippen LogP contribution < -0.4 is 5.32 Å². The summed E-state index contributed by atoms with van der Waals surface area (Å²) in [6.07, 6.45) is 5.92. The lowest BCUT2D eigenvalue weighted by Crippen LogP contribution is -2.15. The van der Waals surface area contributed by atoms with Crippen LogP contribution >= 0.6 is 0 Å². The third-order valence-corrected chi connectivity index (χ3v) is 5.04. The molecule has 7 heteroatoms. The lowest BCUT2D eigenvalue weighted by Gasteiger charge is -2.02. The number of carbonyl (C=O) groups is 2. The fourth-order valence-corrected chi connectivity index (χ4v) is 3.57. The van der Waals surface area contributed by atoms with Gasteiger partial charge in [0.1, 0.15) is 16.9 Å². The molecule has 3 N–H and O–H groups in total. The molecule has 29 heavy (non-hydrogen) atoms. The van der Waals surface area contributed by atoms with Crippen LogP contribution in [0.4, 0.5) is 5.95 Å². The van der Waals surface area contributed by atoms with Gasteiger partial charge in [-0.1, -0.05) is 30.9 Å². The zero-order valence-corrected chi connectivity index (χ0v) is 15.7. The molecule has 0 saturated heterocycles. The SMILES string of the molecule is O=C(Nc1nc2c(C(=O)O)cccc2[nH]1)c1cccc(C#CCC2CCCC2)n1. The number of nitrogens with zero attached hydrogens (tertiary/aromatic N) is 2. The van der Waals surface area contributed by atoms with Gasteiger partial charge in [-0.15, -0.1) is 0 Å². The highest BCUT2D eigenvalue weighted by Crippen LogP contribution is 2.26. The number of carbonyl (C=O) groups excluding carboxylic acids is 1. The van der Waals surface area contributed by atoms with Gasteiger partial charge in [-0.3, -0.25) is 10.1 Å². The average molecular weight is 388 g/mol. The van der Waals surface area contributed by atoms with Crippen LogP contribution in [0.1, 0.15) is 58.6 Å². The Kier molecular flexibility index (Phi) is 5.25. The number of aromatic amines is 1. The molecule has 1 aliphatic carbocycles. The van der Waals surface area contributed by atoms with Gasteiger partial charge in [0.15, 0.2) is 0 Å². The predicted octanol–water partition coefficient (Wildman–Crippen LogP) is 3.84. The van der Waals surface area contributed by atoms with Crippen LogP contribution in [0.25, 0.3) is 11.0 Å². The number of imidazole rings is 1. The van der Waals surface area contributed by atoms with Crippen molar-refractivity contribution in [2.75, 3.05) is 5.32 Å². The molecular weight excluding hydrogens is 368 g/mol. The highest BCUT2D eigenvalue weighted by atomic mass is 16.4. The zero-order chi connectivity index (χ0) is 20.2. The summed E-state index contributed by atoms with van der Waals surface area (Å²) in [5.41, 5.74) is 1.65. The number of aromatic carboxylic acids is 1. The van der Waals surface area contributed by atoms with Gasteiger partial charge in [-0.2, -0.15) is 0 Å². The van der Waals surface area contributed by atoms with Gasteiger partial charge in [0.2, 0.25) is 5.95 Å². The van der Waals surface area contributed by atoms with Crippen molar-refractivity contribution in [2.45, 2.75) is 32.1 Å². The Morgan fingerprint density at radius 3 is 2.72 bits per heavy atom. The van der Waals surface area contributed by atoms with Gasteiger partial charge in [0.05, 0.1) is 11.1 Å². The Hall–Kier alpha value is -3.66. The molecule has 0 bridgehead atoms. The normalized spacial score (nSPS) is 13.8.